The first kappa shape index (κ1) is 16.2. The van der Waals surface area contributed by atoms with Crippen molar-refractivity contribution in [2.45, 2.75) is 52.6 Å². The zero-order valence-corrected chi connectivity index (χ0v) is 13.5. The van der Waals surface area contributed by atoms with E-state index in [0.29, 0.717) is 6.54 Å². The van der Waals surface area contributed by atoms with E-state index in [4.69, 9.17) is 10.5 Å². The number of rotatable bonds is 4. The highest BCUT2D eigenvalue weighted by Crippen LogP contribution is 2.40. The molecule has 0 aromatic heterocycles. The van der Waals surface area contributed by atoms with Crippen molar-refractivity contribution in [2.24, 2.45) is 11.1 Å². The van der Waals surface area contributed by atoms with Crippen molar-refractivity contribution in [1.82, 2.24) is 4.90 Å². The standard InChI is InChI=1S/C17H28N2O2/c1-13-5-4-9-17(2,3)15(13)6-7-16(20)19-10-8-14(11-19)21-12-18/h6-7,14H,4-5,8-12,18H2,1-3H3/b7-6+/t14-/m1/s1. The fourth-order valence-corrected chi connectivity index (χ4v) is 3.47. The van der Waals surface area contributed by atoms with Crippen molar-refractivity contribution in [3.63, 3.8) is 0 Å². The van der Waals surface area contributed by atoms with Gasteiger partial charge < -0.3 is 15.4 Å². The molecule has 4 nitrogen and oxygen atoms in total. The predicted octanol–water partition coefficient (Wildman–Crippen LogP) is 2.60. The number of carbonyl (C=O) groups excluding carboxylic acids is 1. The van der Waals surface area contributed by atoms with Crippen LogP contribution in [0.4, 0.5) is 0 Å². The van der Waals surface area contributed by atoms with Crippen LogP contribution in [0.5, 0.6) is 0 Å². The monoisotopic (exact) mass is 292 g/mol. The second kappa shape index (κ2) is 6.75. The highest BCUT2D eigenvalue weighted by molar-refractivity contribution is 5.88. The number of amides is 1. The molecule has 0 unspecified atom stereocenters. The fraction of sp³-hybridized carbons (Fsp3) is 0.706. The van der Waals surface area contributed by atoms with Gasteiger partial charge in [-0.15, -0.1) is 0 Å². The largest absolute Gasteiger partial charge is 0.361 e. The quantitative estimate of drug-likeness (QED) is 0.640. The minimum absolute atomic E-state index is 0.0831. The Morgan fingerprint density at radius 1 is 1.52 bits per heavy atom. The van der Waals surface area contributed by atoms with Gasteiger partial charge in [-0.05, 0) is 43.6 Å². The summed E-state index contributed by atoms with van der Waals surface area (Å²) in [5.41, 5.74) is 8.31. The summed E-state index contributed by atoms with van der Waals surface area (Å²) in [4.78, 5) is 14.1. The molecule has 1 amide bonds. The van der Waals surface area contributed by atoms with Crippen LogP contribution in [0.2, 0.25) is 0 Å². The molecule has 0 radical (unpaired) electrons. The van der Waals surface area contributed by atoms with Crippen LogP contribution < -0.4 is 5.73 Å². The minimum Gasteiger partial charge on any atom is -0.361 e. The lowest BCUT2D eigenvalue weighted by molar-refractivity contribution is -0.125. The van der Waals surface area contributed by atoms with Gasteiger partial charge in [-0.3, -0.25) is 4.79 Å². The molecule has 0 saturated carbocycles. The Bertz CT molecular complexity index is 452. The molecule has 1 aliphatic heterocycles. The zero-order valence-electron chi connectivity index (χ0n) is 13.5. The number of hydrogen-bond donors (Lipinski definition) is 1. The van der Waals surface area contributed by atoms with Crippen LogP contribution in [-0.4, -0.2) is 36.7 Å². The van der Waals surface area contributed by atoms with E-state index < -0.39 is 0 Å². The van der Waals surface area contributed by atoms with Gasteiger partial charge in [0.05, 0.1) is 12.8 Å². The third-order valence-electron chi connectivity index (χ3n) is 4.72. The molecule has 1 atom stereocenters. The average Bonchev–Trinajstić information content (AvgIpc) is 2.86. The Morgan fingerprint density at radius 3 is 2.95 bits per heavy atom. The van der Waals surface area contributed by atoms with Gasteiger partial charge in [0, 0.05) is 19.2 Å². The molecule has 1 fully saturated rings. The number of likely N-dealkylation sites (tertiary alicyclic amines) is 1. The summed E-state index contributed by atoms with van der Waals surface area (Å²) in [5.74, 6) is 0.0831. The molecule has 0 spiro atoms. The molecule has 1 heterocycles. The van der Waals surface area contributed by atoms with Crippen molar-refractivity contribution in [1.29, 1.82) is 0 Å². The van der Waals surface area contributed by atoms with Crippen LogP contribution in [0.1, 0.15) is 46.5 Å². The van der Waals surface area contributed by atoms with Crippen LogP contribution in [0.15, 0.2) is 23.3 Å². The van der Waals surface area contributed by atoms with Crippen LogP contribution in [0.25, 0.3) is 0 Å². The molecule has 118 valence electrons. The summed E-state index contributed by atoms with van der Waals surface area (Å²) >= 11 is 0. The second-order valence-electron chi connectivity index (χ2n) is 6.79. The van der Waals surface area contributed by atoms with E-state index in [1.54, 1.807) is 6.08 Å². The number of allylic oxidation sites excluding steroid dienone is 3. The predicted molar refractivity (Wildman–Crippen MR) is 84.6 cm³/mol. The molecular formula is C17H28N2O2. The highest BCUT2D eigenvalue weighted by atomic mass is 16.5. The Kier molecular flexibility index (Phi) is 5.22. The maximum atomic E-state index is 12.3. The van der Waals surface area contributed by atoms with Gasteiger partial charge in [0.1, 0.15) is 0 Å². The summed E-state index contributed by atoms with van der Waals surface area (Å²) < 4.78 is 5.38. The molecule has 4 heteroatoms. The van der Waals surface area contributed by atoms with E-state index in [-0.39, 0.29) is 24.2 Å². The number of hydrogen-bond acceptors (Lipinski definition) is 3. The van der Waals surface area contributed by atoms with E-state index in [9.17, 15) is 4.79 Å². The number of nitrogens with zero attached hydrogens (tertiary/aromatic N) is 1. The molecule has 0 bridgehead atoms. The lowest BCUT2D eigenvalue weighted by atomic mass is 9.72. The Balaban J connectivity index is 1.99. The normalized spacial score (nSPS) is 25.9. The van der Waals surface area contributed by atoms with Gasteiger partial charge >= 0.3 is 0 Å². The summed E-state index contributed by atoms with van der Waals surface area (Å²) in [5, 5.41) is 0. The first-order valence-corrected chi connectivity index (χ1v) is 7.93. The maximum absolute atomic E-state index is 12.3. The molecule has 21 heavy (non-hydrogen) atoms. The molecular weight excluding hydrogens is 264 g/mol. The van der Waals surface area contributed by atoms with Gasteiger partial charge in [0.2, 0.25) is 5.91 Å². The Labute approximate surface area is 128 Å². The highest BCUT2D eigenvalue weighted by Gasteiger charge is 2.28. The lowest BCUT2D eigenvalue weighted by Gasteiger charge is -2.33. The maximum Gasteiger partial charge on any atom is 0.246 e. The van der Waals surface area contributed by atoms with E-state index in [2.05, 4.69) is 20.8 Å². The van der Waals surface area contributed by atoms with Gasteiger partial charge in [0.25, 0.3) is 0 Å². The average molecular weight is 292 g/mol. The topological polar surface area (TPSA) is 55.6 Å². The molecule has 1 saturated heterocycles. The van der Waals surface area contributed by atoms with Crippen LogP contribution in [0.3, 0.4) is 0 Å². The first-order chi connectivity index (χ1) is 9.94. The molecule has 2 aliphatic rings. The Hall–Kier alpha value is -1.13. The molecule has 0 aromatic carbocycles. The second-order valence-corrected chi connectivity index (χ2v) is 6.79. The molecule has 1 aliphatic carbocycles. The summed E-state index contributed by atoms with van der Waals surface area (Å²) in [6.07, 6.45) is 8.32. The summed E-state index contributed by atoms with van der Waals surface area (Å²) in [6, 6.07) is 0. The lowest BCUT2D eigenvalue weighted by Crippen LogP contribution is -2.29. The first-order valence-electron chi connectivity index (χ1n) is 7.93. The van der Waals surface area contributed by atoms with Crippen LogP contribution in [0, 0.1) is 5.41 Å². The molecule has 2 rings (SSSR count). The van der Waals surface area contributed by atoms with Crippen molar-refractivity contribution in [2.75, 3.05) is 19.8 Å². The minimum atomic E-state index is 0.0831. The third kappa shape index (κ3) is 3.95. The molecule has 2 N–H and O–H groups in total. The Morgan fingerprint density at radius 2 is 2.29 bits per heavy atom. The fourth-order valence-electron chi connectivity index (χ4n) is 3.47. The number of ether oxygens (including phenoxy) is 1. The SMILES string of the molecule is CC1=C(/C=C/C(=O)N2CC[C@@H](OCN)C2)C(C)(C)CCC1. The van der Waals surface area contributed by atoms with Crippen molar-refractivity contribution in [3.05, 3.63) is 23.3 Å². The van der Waals surface area contributed by atoms with Crippen molar-refractivity contribution in [3.8, 4) is 0 Å². The van der Waals surface area contributed by atoms with Crippen molar-refractivity contribution < 1.29 is 9.53 Å². The van der Waals surface area contributed by atoms with E-state index in [0.717, 1.165) is 19.4 Å². The molecule has 0 aromatic rings. The van der Waals surface area contributed by atoms with Crippen LogP contribution in [-0.2, 0) is 9.53 Å². The number of nitrogens with two attached hydrogens (primary N) is 1. The van der Waals surface area contributed by atoms with Gasteiger partial charge in [-0.2, -0.15) is 0 Å². The van der Waals surface area contributed by atoms with E-state index in [1.807, 2.05) is 11.0 Å². The summed E-state index contributed by atoms with van der Waals surface area (Å²) in [6.45, 7) is 8.35. The van der Waals surface area contributed by atoms with Gasteiger partial charge in [0.15, 0.2) is 0 Å². The third-order valence-corrected chi connectivity index (χ3v) is 4.72. The van der Waals surface area contributed by atoms with Crippen LogP contribution >= 0.6 is 0 Å². The summed E-state index contributed by atoms with van der Waals surface area (Å²) in [7, 11) is 0. The van der Waals surface area contributed by atoms with Gasteiger partial charge in [-0.25, -0.2) is 0 Å². The smallest absolute Gasteiger partial charge is 0.246 e. The number of carbonyl (C=O) groups is 1. The van der Waals surface area contributed by atoms with Gasteiger partial charge in [-0.1, -0.05) is 25.5 Å². The zero-order chi connectivity index (χ0) is 15.5. The van der Waals surface area contributed by atoms with E-state index >= 15 is 0 Å². The van der Waals surface area contributed by atoms with E-state index in [1.165, 1.54) is 24.0 Å². The van der Waals surface area contributed by atoms with Crippen molar-refractivity contribution >= 4 is 5.91 Å².